The molecule has 0 bridgehead atoms. The maximum atomic E-state index is 13.9. The van der Waals surface area contributed by atoms with Crippen molar-refractivity contribution in [1.29, 1.82) is 0 Å². The van der Waals surface area contributed by atoms with Gasteiger partial charge in [0.15, 0.2) is 11.6 Å². The fraction of sp³-hybridized carbons (Fsp3) is 0.0606. The smallest absolute Gasteiger partial charge is 0.262 e. The second-order valence-electron chi connectivity index (χ2n) is 10.0. The van der Waals surface area contributed by atoms with E-state index in [2.05, 4.69) is 16.0 Å². The molecule has 1 aliphatic rings. The maximum absolute atomic E-state index is 13.9. The van der Waals surface area contributed by atoms with Crippen LogP contribution < -0.4 is 16.0 Å². The molecule has 0 aliphatic carbocycles. The van der Waals surface area contributed by atoms with Crippen molar-refractivity contribution < 1.29 is 23.1 Å². The van der Waals surface area contributed by atoms with Gasteiger partial charge >= 0.3 is 0 Å². The van der Waals surface area contributed by atoms with E-state index in [4.69, 9.17) is 21.6 Å². The normalized spacial score (nSPS) is 16.3. The topological polar surface area (TPSA) is 99.2 Å². The van der Waals surface area contributed by atoms with Gasteiger partial charge in [0.2, 0.25) is 0 Å². The molecule has 0 radical (unpaired) electrons. The van der Waals surface area contributed by atoms with E-state index in [9.17, 15) is 23.1 Å². The molecule has 1 atom stereocenters. The minimum Gasteiger partial charge on any atom is -0.511 e. The quantitative estimate of drug-likeness (QED) is 0.135. The Morgan fingerprint density at radius 1 is 0.778 bits per heavy atom. The number of thioether (sulfide) groups is 1. The van der Waals surface area contributed by atoms with Gasteiger partial charge in [-0.15, -0.1) is 0 Å². The molecule has 7 nitrogen and oxygen atoms in total. The van der Waals surface area contributed by atoms with E-state index in [1.807, 2.05) is 0 Å². The van der Waals surface area contributed by atoms with Gasteiger partial charge in [0.1, 0.15) is 33.7 Å². The Balaban J connectivity index is 1.42. The SMILES string of the molecule is O=C1N[C@](c2cccc(Nc3ccc(F)cc3)n2)(c2cccc(Nc3ccc(F)c(F)c3)n2)CC(O)=C1Sc1ccccc1Cl. The van der Waals surface area contributed by atoms with Gasteiger partial charge in [0.05, 0.1) is 16.4 Å². The van der Waals surface area contributed by atoms with Gasteiger partial charge in [-0.2, -0.15) is 0 Å². The molecule has 4 N–H and O–H groups in total. The molecule has 2 aromatic heterocycles. The lowest BCUT2D eigenvalue weighted by Crippen LogP contribution is -2.51. The Morgan fingerprint density at radius 3 is 2.02 bits per heavy atom. The van der Waals surface area contributed by atoms with Crippen LogP contribution in [-0.2, 0) is 10.3 Å². The average Bonchev–Trinajstić information content (AvgIpc) is 3.03. The predicted octanol–water partition coefficient (Wildman–Crippen LogP) is 8.36. The second kappa shape index (κ2) is 12.5. The number of nitrogens with zero attached hydrogens (tertiary/aromatic N) is 2. The third-order valence-electron chi connectivity index (χ3n) is 6.96. The molecule has 3 aromatic carbocycles. The van der Waals surface area contributed by atoms with Gasteiger partial charge in [-0.05, 0) is 72.8 Å². The van der Waals surface area contributed by atoms with E-state index in [1.54, 1.807) is 72.8 Å². The number of hydrogen-bond donors (Lipinski definition) is 4. The zero-order valence-electron chi connectivity index (χ0n) is 23.2. The van der Waals surface area contributed by atoms with E-state index in [-0.39, 0.29) is 34.4 Å². The molecule has 226 valence electrons. The van der Waals surface area contributed by atoms with Gasteiger partial charge in [-0.25, -0.2) is 23.1 Å². The highest BCUT2D eigenvalue weighted by Crippen LogP contribution is 2.43. The molecule has 12 heteroatoms. The summed E-state index contributed by atoms with van der Waals surface area (Å²) in [5.74, 6) is -2.52. The van der Waals surface area contributed by atoms with Crippen molar-refractivity contribution in [2.75, 3.05) is 10.6 Å². The standard InChI is InChI=1S/C33H23ClF3N5O2S/c34-22-5-1-2-6-26(22)45-31-25(43)18-33(42-32(31)44,27-7-3-9-29(40-27)38-20-13-11-19(35)12-14-20)28-8-4-10-30(41-28)39-21-15-16-23(36)24(37)17-21/h1-17,43H,18H2,(H,38,40)(H,39,41)(H,42,44)/t33-/m1/s1. The van der Waals surface area contributed by atoms with Crippen LogP contribution >= 0.6 is 23.4 Å². The Morgan fingerprint density at radius 2 is 1.40 bits per heavy atom. The first-order valence-corrected chi connectivity index (χ1v) is 14.8. The number of pyridine rings is 2. The highest BCUT2D eigenvalue weighted by Gasteiger charge is 2.45. The molecule has 0 saturated carbocycles. The van der Waals surface area contributed by atoms with Crippen LogP contribution in [0.4, 0.5) is 36.2 Å². The summed E-state index contributed by atoms with van der Waals surface area (Å²) < 4.78 is 40.9. The minimum atomic E-state index is -1.46. The van der Waals surface area contributed by atoms with Gasteiger partial charge in [-0.1, -0.05) is 47.6 Å². The molecule has 3 heterocycles. The van der Waals surface area contributed by atoms with E-state index in [0.29, 0.717) is 32.8 Å². The zero-order chi connectivity index (χ0) is 31.6. The fourth-order valence-corrected chi connectivity index (χ4v) is 5.94. The van der Waals surface area contributed by atoms with Gasteiger partial charge in [0, 0.05) is 28.8 Å². The molecule has 0 fully saturated rings. The molecule has 0 unspecified atom stereocenters. The number of hydrogen-bond acceptors (Lipinski definition) is 7. The second-order valence-corrected chi connectivity index (χ2v) is 11.5. The van der Waals surface area contributed by atoms with Crippen LogP contribution in [0.25, 0.3) is 0 Å². The first kappa shape index (κ1) is 30.0. The number of aliphatic hydroxyl groups excluding tert-OH is 1. The molecular formula is C33H23ClF3N5O2S. The van der Waals surface area contributed by atoms with Crippen LogP contribution in [0.1, 0.15) is 17.8 Å². The molecule has 6 rings (SSSR count). The first-order chi connectivity index (χ1) is 21.7. The lowest BCUT2D eigenvalue weighted by atomic mass is 9.83. The molecular weight excluding hydrogens is 623 g/mol. The number of benzene rings is 3. The Bertz CT molecular complexity index is 1940. The maximum Gasteiger partial charge on any atom is 0.262 e. The van der Waals surface area contributed by atoms with Crippen molar-refractivity contribution in [3.8, 4) is 0 Å². The van der Waals surface area contributed by atoms with Gasteiger partial charge < -0.3 is 21.1 Å². The largest absolute Gasteiger partial charge is 0.511 e. The van der Waals surface area contributed by atoms with Crippen LogP contribution in [0.2, 0.25) is 5.02 Å². The van der Waals surface area contributed by atoms with Crippen molar-refractivity contribution in [3.05, 3.63) is 148 Å². The molecule has 1 amide bonds. The summed E-state index contributed by atoms with van der Waals surface area (Å²) in [5, 5.41) is 20.9. The van der Waals surface area contributed by atoms with Crippen LogP contribution in [0.15, 0.2) is 119 Å². The number of carbonyl (C=O) groups is 1. The number of nitrogens with one attached hydrogen (secondary N) is 3. The molecule has 0 saturated heterocycles. The third kappa shape index (κ3) is 6.45. The molecule has 45 heavy (non-hydrogen) atoms. The number of halogens is 4. The average molecular weight is 646 g/mol. The van der Waals surface area contributed by atoms with E-state index >= 15 is 0 Å². The number of aromatic nitrogens is 2. The van der Waals surface area contributed by atoms with Crippen molar-refractivity contribution in [1.82, 2.24) is 15.3 Å². The fourth-order valence-electron chi connectivity index (χ4n) is 4.83. The summed E-state index contributed by atoms with van der Waals surface area (Å²) in [5.41, 5.74) is 0.0274. The summed E-state index contributed by atoms with van der Waals surface area (Å²) in [6.07, 6.45) is -0.125. The monoisotopic (exact) mass is 645 g/mol. The lowest BCUT2D eigenvalue weighted by Gasteiger charge is -2.37. The van der Waals surface area contributed by atoms with E-state index in [1.165, 1.54) is 18.2 Å². The van der Waals surface area contributed by atoms with Crippen molar-refractivity contribution >= 4 is 52.3 Å². The predicted molar refractivity (Wildman–Crippen MR) is 168 cm³/mol. The Kier molecular flexibility index (Phi) is 8.38. The van der Waals surface area contributed by atoms with Crippen LogP contribution in [0, 0.1) is 17.5 Å². The highest BCUT2D eigenvalue weighted by molar-refractivity contribution is 8.04. The molecule has 0 spiro atoms. The van der Waals surface area contributed by atoms with Crippen molar-refractivity contribution in [2.45, 2.75) is 16.9 Å². The number of carbonyl (C=O) groups excluding carboxylic acids is 1. The molecule has 5 aromatic rings. The van der Waals surface area contributed by atoms with Crippen LogP contribution in [0.5, 0.6) is 0 Å². The number of rotatable bonds is 8. The number of amides is 1. The number of aliphatic hydroxyl groups is 1. The summed E-state index contributed by atoms with van der Waals surface area (Å²) in [6.45, 7) is 0. The van der Waals surface area contributed by atoms with Crippen LogP contribution in [-0.4, -0.2) is 21.0 Å². The van der Waals surface area contributed by atoms with Crippen molar-refractivity contribution in [2.24, 2.45) is 0 Å². The highest BCUT2D eigenvalue weighted by atomic mass is 35.5. The van der Waals surface area contributed by atoms with Gasteiger partial charge in [0.25, 0.3) is 5.91 Å². The summed E-state index contributed by atoms with van der Waals surface area (Å²) >= 11 is 7.36. The first-order valence-electron chi connectivity index (χ1n) is 13.6. The zero-order valence-corrected chi connectivity index (χ0v) is 24.8. The van der Waals surface area contributed by atoms with Crippen LogP contribution in [0.3, 0.4) is 0 Å². The Labute approximate surface area is 265 Å². The number of anilines is 4. The molecule has 1 aliphatic heterocycles. The third-order valence-corrected chi connectivity index (χ3v) is 8.60. The summed E-state index contributed by atoms with van der Waals surface area (Å²) in [7, 11) is 0. The Hall–Kier alpha value is -5.00. The van der Waals surface area contributed by atoms with E-state index in [0.717, 1.165) is 23.9 Å². The minimum absolute atomic E-state index is 0.0652. The summed E-state index contributed by atoms with van der Waals surface area (Å²) in [4.78, 5) is 23.9. The van der Waals surface area contributed by atoms with Gasteiger partial charge in [-0.3, -0.25) is 4.79 Å². The van der Waals surface area contributed by atoms with Crippen molar-refractivity contribution in [3.63, 3.8) is 0 Å². The van der Waals surface area contributed by atoms with E-state index < -0.39 is 23.1 Å². The lowest BCUT2D eigenvalue weighted by molar-refractivity contribution is -0.119. The summed E-state index contributed by atoms with van der Waals surface area (Å²) in [6, 6.07) is 26.1.